The van der Waals surface area contributed by atoms with Gasteiger partial charge in [0.1, 0.15) is 0 Å². The van der Waals surface area contributed by atoms with Gasteiger partial charge in [0.2, 0.25) is 0 Å². The molecule has 2 rings (SSSR count). The Labute approximate surface area is 114 Å². The van der Waals surface area contributed by atoms with Crippen molar-refractivity contribution in [2.24, 2.45) is 17.6 Å². The first-order chi connectivity index (χ1) is 7.72. The topological polar surface area (TPSA) is 38.9 Å². The van der Waals surface area contributed by atoms with Crippen LogP contribution in [0.2, 0.25) is 5.02 Å². The first-order valence-corrected chi connectivity index (χ1v) is 6.40. The van der Waals surface area contributed by atoms with E-state index in [1.807, 2.05) is 12.3 Å². The van der Waals surface area contributed by atoms with Crippen LogP contribution in [-0.2, 0) is 0 Å². The third-order valence-electron chi connectivity index (χ3n) is 3.94. The van der Waals surface area contributed by atoms with Gasteiger partial charge in [-0.1, -0.05) is 37.8 Å². The molecule has 1 fully saturated rings. The molecular formula is C13H20Cl2N2. The van der Waals surface area contributed by atoms with Gasteiger partial charge in [-0.05, 0) is 30.0 Å². The lowest BCUT2D eigenvalue weighted by Crippen LogP contribution is -2.29. The Morgan fingerprint density at radius 3 is 2.65 bits per heavy atom. The van der Waals surface area contributed by atoms with Gasteiger partial charge in [0.05, 0.1) is 5.02 Å². The largest absolute Gasteiger partial charge is 0.330 e. The van der Waals surface area contributed by atoms with E-state index in [-0.39, 0.29) is 12.4 Å². The van der Waals surface area contributed by atoms with Gasteiger partial charge in [-0.25, -0.2) is 0 Å². The van der Waals surface area contributed by atoms with E-state index in [1.54, 1.807) is 6.20 Å². The lowest BCUT2D eigenvalue weighted by Gasteiger charge is -2.36. The van der Waals surface area contributed by atoms with Crippen molar-refractivity contribution in [1.82, 2.24) is 4.98 Å². The van der Waals surface area contributed by atoms with Gasteiger partial charge in [-0.15, -0.1) is 12.4 Å². The van der Waals surface area contributed by atoms with Crippen molar-refractivity contribution in [3.8, 4) is 0 Å². The van der Waals surface area contributed by atoms with Crippen molar-refractivity contribution in [3.05, 3.63) is 29.0 Å². The fraction of sp³-hybridized carbons (Fsp3) is 0.615. The van der Waals surface area contributed by atoms with Gasteiger partial charge in [-0.2, -0.15) is 0 Å². The third kappa shape index (κ3) is 3.34. The number of hydrogen-bond donors (Lipinski definition) is 1. The van der Waals surface area contributed by atoms with Crippen molar-refractivity contribution >= 4 is 24.0 Å². The maximum Gasteiger partial charge on any atom is 0.0592 e. The minimum atomic E-state index is 0. The summed E-state index contributed by atoms with van der Waals surface area (Å²) in [6, 6.07) is 2.00. The van der Waals surface area contributed by atoms with Crippen LogP contribution in [0.5, 0.6) is 0 Å². The van der Waals surface area contributed by atoms with E-state index >= 15 is 0 Å². The molecule has 0 aliphatic heterocycles. The Morgan fingerprint density at radius 2 is 2.18 bits per heavy atom. The van der Waals surface area contributed by atoms with E-state index in [0.717, 1.165) is 5.92 Å². The van der Waals surface area contributed by atoms with Gasteiger partial charge in [0.25, 0.3) is 0 Å². The van der Waals surface area contributed by atoms with E-state index in [2.05, 4.69) is 11.9 Å². The molecule has 1 aromatic heterocycles. The number of aromatic nitrogens is 1. The first kappa shape index (κ1) is 14.7. The quantitative estimate of drug-likeness (QED) is 0.911. The molecule has 0 saturated heterocycles. The zero-order valence-corrected chi connectivity index (χ0v) is 11.7. The van der Waals surface area contributed by atoms with Crippen molar-refractivity contribution in [3.63, 3.8) is 0 Å². The van der Waals surface area contributed by atoms with Crippen LogP contribution in [0.3, 0.4) is 0 Å². The molecule has 1 saturated carbocycles. The standard InChI is InChI=1S/C13H19ClN2.ClH/c1-9(10-3-2-4-10)13(6-15)11-5-12(14)8-16-7-11;/h5,7-10,13H,2-4,6,15H2,1H3;1H. The van der Waals surface area contributed by atoms with E-state index < -0.39 is 0 Å². The minimum Gasteiger partial charge on any atom is -0.330 e. The van der Waals surface area contributed by atoms with E-state index in [0.29, 0.717) is 23.4 Å². The predicted molar refractivity (Wildman–Crippen MR) is 74.8 cm³/mol. The van der Waals surface area contributed by atoms with Crippen LogP contribution in [0, 0.1) is 11.8 Å². The van der Waals surface area contributed by atoms with Crippen molar-refractivity contribution in [2.45, 2.75) is 32.1 Å². The van der Waals surface area contributed by atoms with Crippen molar-refractivity contribution in [2.75, 3.05) is 6.54 Å². The molecule has 4 heteroatoms. The third-order valence-corrected chi connectivity index (χ3v) is 4.14. The van der Waals surface area contributed by atoms with E-state index in [9.17, 15) is 0 Å². The molecule has 0 amide bonds. The highest BCUT2D eigenvalue weighted by Crippen LogP contribution is 2.40. The predicted octanol–water partition coefficient (Wildman–Crippen LogP) is 3.64. The Morgan fingerprint density at radius 1 is 1.47 bits per heavy atom. The fourth-order valence-corrected chi connectivity index (χ4v) is 2.76. The summed E-state index contributed by atoms with van der Waals surface area (Å²) >= 11 is 5.97. The van der Waals surface area contributed by atoms with Crippen molar-refractivity contribution < 1.29 is 0 Å². The van der Waals surface area contributed by atoms with Crippen LogP contribution in [-0.4, -0.2) is 11.5 Å². The highest BCUT2D eigenvalue weighted by atomic mass is 35.5. The fourth-order valence-electron chi connectivity index (χ4n) is 2.58. The summed E-state index contributed by atoms with van der Waals surface area (Å²) in [5, 5.41) is 0.705. The van der Waals surface area contributed by atoms with Crippen LogP contribution < -0.4 is 5.73 Å². The summed E-state index contributed by atoms with van der Waals surface area (Å²) in [7, 11) is 0. The second-order valence-corrected chi connectivity index (χ2v) is 5.27. The molecule has 0 bridgehead atoms. The first-order valence-electron chi connectivity index (χ1n) is 6.03. The Balaban J connectivity index is 0.00000144. The van der Waals surface area contributed by atoms with Gasteiger partial charge in [0.15, 0.2) is 0 Å². The normalized spacial score (nSPS) is 19.0. The Bertz CT molecular complexity index is 353. The molecule has 0 aromatic carbocycles. The number of pyridine rings is 1. The molecule has 0 radical (unpaired) electrons. The van der Waals surface area contributed by atoms with E-state index in [4.69, 9.17) is 17.3 Å². The zero-order valence-electron chi connectivity index (χ0n) is 10.1. The van der Waals surface area contributed by atoms with Crippen LogP contribution in [0.15, 0.2) is 18.5 Å². The summed E-state index contributed by atoms with van der Waals surface area (Å²) in [5.41, 5.74) is 7.09. The molecular weight excluding hydrogens is 255 g/mol. The van der Waals surface area contributed by atoms with Gasteiger partial charge in [-0.3, -0.25) is 4.98 Å². The van der Waals surface area contributed by atoms with Gasteiger partial charge >= 0.3 is 0 Å². The Kier molecular flexibility index (Phi) is 5.71. The molecule has 2 unspecified atom stereocenters. The number of hydrogen-bond acceptors (Lipinski definition) is 2. The van der Waals surface area contributed by atoms with Crippen molar-refractivity contribution in [1.29, 1.82) is 0 Å². The van der Waals surface area contributed by atoms with E-state index in [1.165, 1.54) is 24.8 Å². The SMILES string of the molecule is CC(C1CCC1)C(CN)c1cncc(Cl)c1.Cl. The lowest BCUT2D eigenvalue weighted by atomic mass is 9.70. The number of rotatable bonds is 4. The second-order valence-electron chi connectivity index (χ2n) is 4.83. The summed E-state index contributed by atoms with van der Waals surface area (Å²) in [6.45, 7) is 2.99. The highest BCUT2D eigenvalue weighted by molar-refractivity contribution is 6.30. The molecule has 1 aliphatic rings. The monoisotopic (exact) mass is 274 g/mol. The molecule has 1 aliphatic carbocycles. The Hall–Kier alpha value is -0.310. The van der Waals surface area contributed by atoms with Gasteiger partial charge in [0, 0.05) is 18.3 Å². The zero-order chi connectivity index (χ0) is 11.5. The molecule has 2 nitrogen and oxygen atoms in total. The van der Waals surface area contributed by atoms with Crippen LogP contribution in [0.1, 0.15) is 37.7 Å². The second kappa shape index (κ2) is 6.58. The maximum atomic E-state index is 5.97. The average Bonchev–Trinajstić information content (AvgIpc) is 2.16. The minimum absolute atomic E-state index is 0. The van der Waals surface area contributed by atoms with Crippen LogP contribution >= 0.6 is 24.0 Å². The van der Waals surface area contributed by atoms with Gasteiger partial charge < -0.3 is 5.73 Å². The lowest BCUT2D eigenvalue weighted by molar-refractivity contribution is 0.193. The number of nitrogens with zero attached hydrogens (tertiary/aromatic N) is 1. The van der Waals surface area contributed by atoms with Crippen LogP contribution in [0.4, 0.5) is 0 Å². The molecule has 96 valence electrons. The number of nitrogens with two attached hydrogens (primary N) is 1. The summed E-state index contributed by atoms with van der Waals surface area (Å²) in [4.78, 5) is 4.15. The molecule has 2 atom stereocenters. The van der Waals surface area contributed by atoms with Crippen LogP contribution in [0.25, 0.3) is 0 Å². The summed E-state index contributed by atoms with van der Waals surface area (Å²) < 4.78 is 0. The molecule has 1 heterocycles. The summed E-state index contributed by atoms with van der Waals surface area (Å²) in [5.74, 6) is 1.88. The summed E-state index contributed by atoms with van der Waals surface area (Å²) in [6.07, 6.45) is 7.66. The molecule has 2 N–H and O–H groups in total. The molecule has 0 spiro atoms. The average molecular weight is 275 g/mol. The number of halogens is 2. The maximum absolute atomic E-state index is 5.97. The molecule has 17 heavy (non-hydrogen) atoms. The molecule has 1 aromatic rings. The highest BCUT2D eigenvalue weighted by Gasteiger charge is 2.30. The smallest absolute Gasteiger partial charge is 0.0592 e.